The molecular weight excluding hydrogens is 234 g/mol. The maximum absolute atomic E-state index is 11.3. The number of ether oxygens (including phenoxy) is 2. The molecule has 0 atom stereocenters. The van der Waals surface area contributed by atoms with Crippen molar-refractivity contribution < 1.29 is 14.3 Å². The Balaban J connectivity index is 1.77. The molecule has 0 spiro atoms. The van der Waals surface area contributed by atoms with Gasteiger partial charge in [0.1, 0.15) is 6.61 Å². The molecular formula is C12H19N3O3. The number of carbonyl (C=O) groups is 1. The molecule has 100 valence electrons. The lowest BCUT2D eigenvalue weighted by Crippen LogP contribution is -2.31. The number of hydrogen-bond acceptors (Lipinski definition) is 4. The molecule has 0 fully saturated rings. The summed E-state index contributed by atoms with van der Waals surface area (Å²) in [6.45, 7) is 5.20. The van der Waals surface area contributed by atoms with Gasteiger partial charge < -0.3 is 14.8 Å². The number of fused-ring (bicyclic) bond motifs is 1. The molecule has 1 aliphatic rings. The molecule has 1 aliphatic heterocycles. The first-order chi connectivity index (χ1) is 8.81. The van der Waals surface area contributed by atoms with E-state index in [1.807, 2.05) is 17.8 Å². The molecule has 1 aromatic heterocycles. The van der Waals surface area contributed by atoms with Crippen LogP contribution in [0.25, 0.3) is 0 Å². The standard InChI is InChI=1S/C12H19N3O3/c1-2-17-9-12(16)13-4-5-15-11-3-6-18-8-10(11)7-14-15/h7H,2-6,8-9H2,1H3,(H,13,16). The summed E-state index contributed by atoms with van der Waals surface area (Å²) < 4.78 is 12.3. The fourth-order valence-corrected chi connectivity index (χ4v) is 1.95. The maximum atomic E-state index is 11.3. The number of nitrogens with one attached hydrogen (secondary N) is 1. The van der Waals surface area contributed by atoms with Crippen molar-refractivity contribution in [1.29, 1.82) is 0 Å². The summed E-state index contributed by atoms with van der Waals surface area (Å²) in [5.74, 6) is -0.0822. The third-order valence-corrected chi connectivity index (χ3v) is 2.86. The van der Waals surface area contributed by atoms with Gasteiger partial charge in [-0.2, -0.15) is 5.10 Å². The number of hydrogen-bond donors (Lipinski definition) is 1. The number of nitrogens with zero attached hydrogens (tertiary/aromatic N) is 2. The Labute approximate surface area is 106 Å². The van der Waals surface area contributed by atoms with Gasteiger partial charge >= 0.3 is 0 Å². The van der Waals surface area contributed by atoms with Crippen molar-refractivity contribution in [1.82, 2.24) is 15.1 Å². The molecule has 2 heterocycles. The Morgan fingerprint density at radius 1 is 1.67 bits per heavy atom. The molecule has 18 heavy (non-hydrogen) atoms. The van der Waals surface area contributed by atoms with E-state index >= 15 is 0 Å². The zero-order chi connectivity index (χ0) is 12.8. The second-order valence-corrected chi connectivity index (χ2v) is 4.13. The van der Waals surface area contributed by atoms with Crippen molar-refractivity contribution in [2.75, 3.05) is 26.4 Å². The van der Waals surface area contributed by atoms with E-state index in [4.69, 9.17) is 9.47 Å². The van der Waals surface area contributed by atoms with Gasteiger partial charge in [-0.25, -0.2) is 0 Å². The lowest BCUT2D eigenvalue weighted by molar-refractivity contribution is -0.125. The predicted molar refractivity (Wildman–Crippen MR) is 65.1 cm³/mol. The Morgan fingerprint density at radius 3 is 3.39 bits per heavy atom. The maximum Gasteiger partial charge on any atom is 0.246 e. The molecule has 2 rings (SSSR count). The molecule has 0 unspecified atom stereocenters. The van der Waals surface area contributed by atoms with E-state index in [0.29, 0.717) is 26.3 Å². The third-order valence-electron chi connectivity index (χ3n) is 2.86. The second-order valence-electron chi connectivity index (χ2n) is 4.13. The van der Waals surface area contributed by atoms with Crippen LogP contribution in [0.15, 0.2) is 6.20 Å². The van der Waals surface area contributed by atoms with Gasteiger partial charge in [0.25, 0.3) is 0 Å². The van der Waals surface area contributed by atoms with Gasteiger partial charge in [-0.05, 0) is 6.92 Å². The molecule has 0 aliphatic carbocycles. The minimum absolute atomic E-state index is 0.0822. The van der Waals surface area contributed by atoms with Crippen molar-refractivity contribution in [3.05, 3.63) is 17.5 Å². The number of rotatable bonds is 6. The third kappa shape index (κ3) is 3.30. The van der Waals surface area contributed by atoms with Crippen LogP contribution in [-0.4, -0.2) is 42.1 Å². The molecule has 0 aromatic carbocycles. The van der Waals surface area contributed by atoms with E-state index in [0.717, 1.165) is 18.6 Å². The molecule has 1 aromatic rings. The lowest BCUT2D eigenvalue weighted by Gasteiger charge is -2.14. The van der Waals surface area contributed by atoms with Gasteiger partial charge in [0, 0.05) is 30.8 Å². The van der Waals surface area contributed by atoms with Crippen LogP contribution in [-0.2, 0) is 33.8 Å². The van der Waals surface area contributed by atoms with E-state index in [1.165, 1.54) is 5.69 Å². The van der Waals surface area contributed by atoms with Crippen LogP contribution in [0.3, 0.4) is 0 Å². The van der Waals surface area contributed by atoms with Crippen LogP contribution in [0, 0.1) is 0 Å². The van der Waals surface area contributed by atoms with E-state index in [2.05, 4.69) is 10.4 Å². The zero-order valence-electron chi connectivity index (χ0n) is 10.6. The van der Waals surface area contributed by atoms with Gasteiger partial charge in [0.15, 0.2) is 0 Å². The van der Waals surface area contributed by atoms with Crippen LogP contribution in [0.5, 0.6) is 0 Å². The van der Waals surface area contributed by atoms with Gasteiger partial charge in [-0.3, -0.25) is 9.48 Å². The summed E-state index contributed by atoms with van der Waals surface area (Å²) in [6.07, 6.45) is 2.73. The van der Waals surface area contributed by atoms with Gasteiger partial charge in [-0.15, -0.1) is 0 Å². The summed E-state index contributed by atoms with van der Waals surface area (Å²) in [6, 6.07) is 0. The van der Waals surface area contributed by atoms with E-state index in [9.17, 15) is 4.79 Å². The number of carbonyl (C=O) groups excluding carboxylic acids is 1. The Morgan fingerprint density at radius 2 is 2.56 bits per heavy atom. The molecule has 0 bridgehead atoms. The Bertz CT molecular complexity index is 403. The summed E-state index contributed by atoms with van der Waals surface area (Å²) in [5, 5.41) is 7.12. The summed E-state index contributed by atoms with van der Waals surface area (Å²) in [5.41, 5.74) is 2.38. The molecule has 0 saturated carbocycles. The van der Waals surface area contributed by atoms with Crippen LogP contribution in [0.4, 0.5) is 0 Å². The first-order valence-corrected chi connectivity index (χ1v) is 6.27. The van der Waals surface area contributed by atoms with Crippen LogP contribution in [0.1, 0.15) is 18.2 Å². The fourth-order valence-electron chi connectivity index (χ4n) is 1.95. The topological polar surface area (TPSA) is 65.4 Å². The highest BCUT2D eigenvalue weighted by molar-refractivity contribution is 5.77. The largest absolute Gasteiger partial charge is 0.376 e. The number of amides is 1. The molecule has 0 radical (unpaired) electrons. The highest BCUT2D eigenvalue weighted by Gasteiger charge is 2.14. The van der Waals surface area contributed by atoms with Crippen LogP contribution >= 0.6 is 0 Å². The van der Waals surface area contributed by atoms with Gasteiger partial charge in [0.05, 0.1) is 26.0 Å². The van der Waals surface area contributed by atoms with Crippen molar-refractivity contribution in [2.45, 2.75) is 26.5 Å². The smallest absolute Gasteiger partial charge is 0.246 e. The highest BCUT2D eigenvalue weighted by atomic mass is 16.5. The van der Waals surface area contributed by atoms with E-state index < -0.39 is 0 Å². The van der Waals surface area contributed by atoms with Crippen molar-refractivity contribution in [2.24, 2.45) is 0 Å². The molecule has 1 N–H and O–H groups in total. The molecule has 1 amide bonds. The monoisotopic (exact) mass is 253 g/mol. The zero-order valence-corrected chi connectivity index (χ0v) is 10.6. The first-order valence-electron chi connectivity index (χ1n) is 6.27. The van der Waals surface area contributed by atoms with E-state index in [1.54, 1.807) is 0 Å². The van der Waals surface area contributed by atoms with Crippen LogP contribution < -0.4 is 5.32 Å². The Hall–Kier alpha value is -1.40. The van der Waals surface area contributed by atoms with Crippen molar-refractivity contribution in [3.63, 3.8) is 0 Å². The minimum atomic E-state index is -0.0822. The number of aromatic nitrogens is 2. The average Bonchev–Trinajstić information content (AvgIpc) is 2.80. The predicted octanol–water partition coefficient (Wildman–Crippen LogP) is 0.109. The van der Waals surface area contributed by atoms with Crippen molar-refractivity contribution >= 4 is 5.91 Å². The van der Waals surface area contributed by atoms with Crippen LogP contribution in [0.2, 0.25) is 0 Å². The van der Waals surface area contributed by atoms with Gasteiger partial charge in [-0.1, -0.05) is 0 Å². The summed E-state index contributed by atoms with van der Waals surface area (Å²) in [7, 11) is 0. The Kier molecular flexibility index (Phi) is 4.72. The fraction of sp³-hybridized carbons (Fsp3) is 0.667. The second kappa shape index (κ2) is 6.51. The summed E-state index contributed by atoms with van der Waals surface area (Å²) in [4.78, 5) is 11.3. The first kappa shape index (κ1) is 13.0. The molecule has 6 heteroatoms. The quantitative estimate of drug-likeness (QED) is 0.781. The lowest BCUT2D eigenvalue weighted by atomic mass is 10.2. The average molecular weight is 253 g/mol. The van der Waals surface area contributed by atoms with Crippen molar-refractivity contribution in [3.8, 4) is 0 Å². The molecule has 6 nitrogen and oxygen atoms in total. The molecule has 0 saturated heterocycles. The van der Waals surface area contributed by atoms with Gasteiger partial charge in [0.2, 0.25) is 5.91 Å². The normalized spacial score (nSPS) is 14.3. The SMILES string of the molecule is CCOCC(=O)NCCn1ncc2c1CCOC2. The summed E-state index contributed by atoms with van der Waals surface area (Å²) >= 11 is 0. The van der Waals surface area contributed by atoms with E-state index in [-0.39, 0.29) is 12.5 Å². The highest BCUT2D eigenvalue weighted by Crippen LogP contribution is 2.15. The minimum Gasteiger partial charge on any atom is -0.376 e.